The molecule has 0 amide bonds. The van der Waals surface area contributed by atoms with Crippen LogP contribution in [0.5, 0.6) is 0 Å². The van der Waals surface area contributed by atoms with E-state index in [4.69, 9.17) is 0 Å². The van der Waals surface area contributed by atoms with Gasteiger partial charge in [0.05, 0.1) is 12.1 Å². The van der Waals surface area contributed by atoms with Crippen molar-refractivity contribution in [2.24, 2.45) is 7.05 Å². The maximum atomic E-state index is 12.9. The van der Waals surface area contributed by atoms with Crippen LogP contribution in [0.1, 0.15) is 21.6 Å². The molecule has 4 nitrogen and oxygen atoms in total. The maximum Gasteiger partial charge on any atom is 0.169 e. The third-order valence-corrected chi connectivity index (χ3v) is 2.48. The second-order valence-corrected chi connectivity index (χ2v) is 3.94. The van der Waals surface area contributed by atoms with Crippen LogP contribution in [0.4, 0.5) is 4.39 Å². The van der Waals surface area contributed by atoms with E-state index in [9.17, 15) is 9.18 Å². The predicted molar refractivity (Wildman–Crippen MR) is 60.2 cm³/mol. The zero-order chi connectivity index (χ0) is 12.4. The van der Waals surface area contributed by atoms with E-state index in [1.54, 1.807) is 24.9 Å². The SMILES string of the molecule is Cc1cc(F)ccc1C(=O)Cc1cn(C)nn1. The highest BCUT2D eigenvalue weighted by Gasteiger charge is 2.12. The third-order valence-electron chi connectivity index (χ3n) is 2.48. The summed E-state index contributed by atoms with van der Waals surface area (Å²) in [5.74, 6) is -0.415. The third kappa shape index (κ3) is 2.55. The molecule has 1 heterocycles. The number of hydrogen-bond donors (Lipinski definition) is 0. The van der Waals surface area contributed by atoms with Crippen LogP contribution in [0.2, 0.25) is 0 Å². The Morgan fingerprint density at radius 2 is 2.24 bits per heavy atom. The molecule has 17 heavy (non-hydrogen) atoms. The second kappa shape index (κ2) is 4.45. The summed E-state index contributed by atoms with van der Waals surface area (Å²) in [6.45, 7) is 1.72. The highest BCUT2D eigenvalue weighted by atomic mass is 19.1. The number of aromatic nitrogens is 3. The van der Waals surface area contributed by atoms with Gasteiger partial charge < -0.3 is 0 Å². The van der Waals surface area contributed by atoms with Crippen LogP contribution < -0.4 is 0 Å². The van der Waals surface area contributed by atoms with Gasteiger partial charge in [-0.1, -0.05) is 5.21 Å². The topological polar surface area (TPSA) is 47.8 Å². The van der Waals surface area contributed by atoms with Crippen LogP contribution in [0.3, 0.4) is 0 Å². The first-order chi connectivity index (χ1) is 8.06. The molecule has 0 bridgehead atoms. The van der Waals surface area contributed by atoms with Gasteiger partial charge in [-0.05, 0) is 30.7 Å². The number of carbonyl (C=O) groups is 1. The summed E-state index contributed by atoms with van der Waals surface area (Å²) in [7, 11) is 1.74. The summed E-state index contributed by atoms with van der Waals surface area (Å²) in [6.07, 6.45) is 1.87. The Hall–Kier alpha value is -2.04. The number of nitrogens with zero attached hydrogens (tertiary/aromatic N) is 3. The Balaban J connectivity index is 2.20. The summed E-state index contributed by atoms with van der Waals surface area (Å²) < 4.78 is 14.4. The van der Waals surface area contributed by atoms with Gasteiger partial charge in [-0.15, -0.1) is 5.10 Å². The number of rotatable bonds is 3. The number of halogens is 1. The predicted octanol–water partition coefficient (Wildman–Crippen LogP) is 1.69. The summed E-state index contributed by atoms with van der Waals surface area (Å²) >= 11 is 0. The normalized spacial score (nSPS) is 10.5. The Kier molecular flexibility index (Phi) is 2.99. The molecule has 0 aliphatic carbocycles. The number of benzene rings is 1. The van der Waals surface area contributed by atoms with Gasteiger partial charge in [-0.2, -0.15) is 0 Å². The van der Waals surface area contributed by atoms with Crippen molar-refractivity contribution >= 4 is 5.78 Å². The van der Waals surface area contributed by atoms with E-state index in [2.05, 4.69) is 10.3 Å². The van der Waals surface area contributed by atoms with Gasteiger partial charge in [0.2, 0.25) is 0 Å². The van der Waals surface area contributed by atoms with Crippen molar-refractivity contribution < 1.29 is 9.18 Å². The van der Waals surface area contributed by atoms with E-state index in [1.807, 2.05) is 0 Å². The van der Waals surface area contributed by atoms with Crippen LogP contribution in [-0.2, 0) is 13.5 Å². The smallest absolute Gasteiger partial charge is 0.169 e. The maximum absolute atomic E-state index is 12.9. The fourth-order valence-electron chi connectivity index (χ4n) is 1.68. The number of carbonyl (C=O) groups excluding carboxylic acids is 1. The number of Topliss-reactive ketones (excluding diaryl/α,β-unsaturated/α-hetero) is 1. The molecule has 5 heteroatoms. The van der Waals surface area contributed by atoms with E-state index < -0.39 is 0 Å². The van der Waals surface area contributed by atoms with Gasteiger partial charge in [0.25, 0.3) is 0 Å². The van der Waals surface area contributed by atoms with E-state index in [1.165, 1.54) is 18.2 Å². The molecule has 2 rings (SSSR count). The molecule has 1 aromatic heterocycles. The zero-order valence-corrected chi connectivity index (χ0v) is 9.64. The monoisotopic (exact) mass is 233 g/mol. The molecule has 88 valence electrons. The van der Waals surface area contributed by atoms with Crippen molar-refractivity contribution in [3.8, 4) is 0 Å². The van der Waals surface area contributed by atoms with Crippen LogP contribution in [-0.4, -0.2) is 20.8 Å². The highest BCUT2D eigenvalue weighted by Crippen LogP contribution is 2.12. The molecular weight excluding hydrogens is 221 g/mol. The van der Waals surface area contributed by atoms with Gasteiger partial charge >= 0.3 is 0 Å². The lowest BCUT2D eigenvalue weighted by atomic mass is 10.0. The summed E-state index contributed by atoms with van der Waals surface area (Å²) in [6, 6.07) is 4.14. The van der Waals surface area contributed by atoms with Gasteiger partial charge in [0.15, 0.2) is 5.78 Å². The first kappa shape index (κ1) is 11.4. The second-order valence-electron chi connectivity index (χ2n) is 3.94. The standard InChI is InChI=1S/C12H12FN3O/c1-8-5-9(13)3-4-11(8)12(17)6-10-7-16(2)15-14-10/h3-5,7H,6H2,1-2H3. The Morgan fingerprint density at radius 1 is 1.47 bits per heavy atom. The molecule has 0 radical (unpaired) electrons. The first-order valence-corrected chi connectivity index (χ1v) is 5.21. The minimum atomic E-state index is -0.335. The quantitative estimate of drug-likeness (QED) is 0.758. The van der Waals surface area contributed by atoms with E-state index >= 15 is 0 Å². The summed E-state index contributed by atoms with van der Waals surface area (Å²) in [5, 5.41) is 7.60. The average molecular weight is 233 g/mol. The highest BCUT2D eigenvalue weighted by molar-refractivity contribution is 5.98. The Labute approximate surface area is 98.1 Å². The molecule has 0 aliphatic heterocycles. The molecule has 0 N–H and O–H groups in total. The molecule has 0 unspecified atom stereocenters. The Bertz CT molecular complexity index is 563. The van der Waals surface area contributed by atoms with E-state index in [-0.39, 0.29) is 18.0 Å². The van der Waals surface area contributed by atoms with Crippen molar-refractivity contribution in [3.05, 3.63) is 47.0 Å². The van der Waals surface area contributed by atoms with Crippen molar-refractivity contribution in [2.45, 2.75) is 13.3 Å². The van der Waals surface area contributed by atoms with Crippen LogP contribution in [0.15, 0.2) is 24.4 Å². The fraction of sp³-hybridized carbons (Fsp3) is 0.250. The molecule has 1 aromatic carbocycles. The Morgan fingerprint density at radius 3 is 2.82 bits per heavy atom. The first-order valence-electron chi connectivity index (χ1n) is 5.21. The van der Waals surface area contributed by atoms with Gasteiger partial charge in [0.1, 0.15) is 5.82 Å². The molecule has 0 aliphatic rings. The fourth-order valence-corrected chi connectivity index (χ4v) is 1.68. The minimum absolute atomic E-state index is 0.0806. The molecule has 2 aromatic rings. The van der Waals surface area contributed by atoms with Gasteiger partial charge in [-0.25, -0.2) is 4.39 Å². The van der Waals surface area contributed by atoms with Crippen molar-refractivity contribution in [1.82, 2.24) is 15.0 Å². The van der Waals surface area contributed by atoms with Gasteiger partial charge in [0, 0.05) is 18.8 Å². The van der Waals surface area contributed by atoms with Crippen molar-refractivity contribution in [3.63, 3.8) is 0 Å². The largest absolute Gasteiger partial charge is 0.294 e. The lowest BCUT2D eigenvalue weighted by Crippen LogP contribution is -2.06. The number of ketones is 1. The van der Waals surface area contributed by atoms with Gasteiger partial charge in [-0.3, -0.25) is 9.48 Å². The number of aryl methyl sites for hydroxylation is 2. The van der Waals surface area contributed by atoms with Crippen LogP contribution in [0.25, 0.3) is 0 Å². The molecule has 0 atom stereocenters. The number of hydrogen-bond acceptors (Lipinski definition) is 3. The molecule has 0 saturated carbocycles. The zero-order valence-electron chi connectivity index (χ0n) is 9.64. The minimum Gasteiger partial charge on any atom is -0.294 e. The average Bonchev–Trinajstić information content (AvgIpc) is 2.63. The lowest BCUT2D eigenvalue weighted by molar-refractivity contribution is 0.0991. The van der Waals surface area contributed by atoms with E-state index in [0.717, 1.165) is 0 Å². The van der Waals surface area contributed by atoms with Crippen LogP contribution in [0, 0.1) is 12.7 Å². The lowest BCUT2D eigenvalue weighted by Gasteiger charge is -2.03. The van der Waals surface area contributed by atoms with E-state index in [0.29, 0.717) is 16.8 Å². The molecule has 0 fully saturated rings. The molecule has 0 spiro atoms. The summed E-state index contributed by atoms with van der Waals surface area (Å²) in [4.78, 5) is 12.0. The molecule has 0 saturated heterocycles. The summed E-state index contributed by atoms with van der Waals surface area (Å²) in [5.41, 5.74) is 1.78. The van der Waals surface area contributed by atoms with Crippen LogP contribution >= 0.6 is 0 Å². The van der Waals surface area contributed by atoms with Crippen molar-refractivity contribution in [1.29, 1.82) is 0 Å². The molecular formula is C12H12FN3O. The van der Waals surface area contributed by atoms with Crippen molar-refractivity contribution in [2.75, 3.05) is 0 Å².